The first-order chi connectivity index (χ1) is 12.3. The molecule has 0 heterocycles. The van der Waals surface area contributed by atoms with Gasteiger partial charge in [-0.3, -0.25) is 9.59 Å². The van der Waals surface area contributed by atoms with Gasteiger partial charge in [-0.15, -0.1) is 0 Å². The summed E-state index contributed by atoms with van der Waals surface area (Å²) in [5.41, 5.74) is -1.42. The van der Waals surface area contributed by atoms with Crippen molar-refractivity contribution in [2.24, 2.45) is 11.3 Å². The standard InChI is InChI=1S/C19H37NO7S/c1-15(16(21)27-18(2,3)4)14-19(5,6)17(22)26-12-11-20(7,8)10-9-13-28(23,24)25/h15H,9-14H2,1-8H3. The number of quaternary nitrogens is 1. The molecular formula is C19H37NO7S. The fourth-order valence-corrected chi connectivity index (χ4v) is 3.18. The van der Waals surface area contributed by atoms with Crippen molar-refractivity contribution in [2.45, 2.75) is 60.0 Å². The van der Waals surface area contributed by atoms with Crippen molar-refractivity contribution in [3.8, 4) is 0 Å². The van der Waals surface area contributed by atoms with Crippen LogP contribution < -0.4 is 0 Å². The normalized spacial score (nSPS) is 14.5. The quantitative estimate of drug-likeness (QED) is 0.284. The number of hydrogen-bond donors (Lipinski definition) is 0. The second-order valence-electron chi connectivity index (χ2n) is 9.66. The Morgan fingerprint density at radius 3 is 2.07 bits per heavy atom. The molecule has 0 rings (SSSR count). The van der Waals surface area contributed by atoms with E-state index >= 15 is 0 Å². The zero-order valence-corrected chi connectivity index (χ0v) is 19.3. The summed E-state index contributed by atoms with van der Waals surface area (Å²) in [7, 11) is -0.461. The van der Waals surface area contributed by atoms with E-state index in [1.807, 2.05) is 14.1 Å². The number of carbonyl (C=O) groups is 2. The maximum absolute atomic E-state index is 12.4. The topological polar surface area (TPSA) is 110 Å². The second kappa shape index (κ2) is 10.0. The van der Waals surface area contributed by atoms with E-state index < -0.39 is 38.8 Å². The molecule has 0 radical (unpaired) electrons. The van der Waals surface area contributed by atoms with Crippen LogP contribution in [0.4, 0.5) is 0 Å². The molecule has 0 saturated carbocycles. The molecule has 0 amide bonds. The average Bonchev–Trinajstić information content (AvgIpc) is 2.42. The molecule has 1 unspecified atom stereocenters. The van der Waals surface area contributed by atoms with Gasteiger partial charge in [0.15, 0.2) is 0 Å². The van der Waals surface area contributed by atoms with Crippen LogP contribution in [-0.4, -0.2) is 74.5 Å². The molecule has 0 aromatic carbocycles. The van der Waals surface area contributed by atoms with E-state index in [0.29, 0.717) is 24.0 Å². The van der Waals surface area contributed by atoms with E-state index in [4.69, 9.17) is 9.47 Å². The summed E-state index contributed by atoms with van der Waals surface area (Å²) in [6.07, 6.45) is 0.562. The van der Waals surface area contributed by atoms with Crippen LogP contribution in [0.25, 0.3) is 0 Å². The number of rotatable bonds is 11. The van der Waals surface area contributed by atoms with E-state index in [2.05, 4.69) is 0 Å². The second-order valence-corrected chi connectivity index (χ2v) is 11.2. The maximum atomic E-state index is 12.4. The lowest BCUT2D eigenvalue weighted by Crippen LogP contribution is -2.44. The van der Waals surface area contributed by atoms with Gasteiger partial charge in [-0.05, 0) is 41.0 Å². The van der Waals surface area contributed by atoms with Gasteiger partial charge >= 0.3 is 11.9 Å². The van der Waals surface area contributed by atoms with Crippen molar-refractivity contribution in [1.82, 2.24) is 0 Å². The molecule has 8 nitrogen and oxygen atoms in total. The first kappa shape index (κ1) is 26.8. The van der Waals surface area contributed by atoms with Gasteiger partial charge in [0.25, 0.3) is 0 Å². The molecule has 0 aromatic heterocycles. The Balaban J connectivity index is 4.50. The molecule has 0 aromatic rings. The minimum atomic E-state index is -4.21. The highest BCUT2D eigenvalue weighted by Gasteiger charge is 2.35. The molecule has 0 fully saturated rings. The smallest absolute Gasteiger partial charge is 0.311 e. The summed E-state index contributed by atoms with van der Waals surface area (Å²) in [6, 6.07) is 0. The molecule has 0 bridgehead atoms. The number of likely N-dealkylation sites (N-methyl/N-ethyl adjacent to an activating group) is 1. The number of hydrogen-bond acceptors (Lipinski definition) is 7. The number of nitrogens with zero attached hydrogens (tertiary/aromatic N) is 1. The van der Waals surface area contributed by atoms with Gasteiger partial charge in [-0.2, -0.15) is 0 Å². The van der Waals surface area contributed by atoms with Gasteiger partial charge in [-0.1, -0.05) is 6.92 Å². The van der Waals surface area contributed by atoms with Crippen molar-refractivity contribution in [3.63, 3.8) is 0 Å². The zero-order valence-electron chi connectivity index (χ0n) is 18.5. The predicted molar refractivity (Wildman–Crippen MR) is 105 cm³/mol. The van der Waals surface area contributed by atoms with Crippen molar-refractivity contribution in [2.75, 3.05) is 39.5 Å². The molecule has 0 aliphatic heterocycles. The summed E-state index contributed by atoms with van der Waals surface area (Å²) in [4.78, 5) is 24.6. The molecule has 1 atom stereocenters. The van der Waals surface area contributed by atoms with Crippen LogP contribution in [0.2, 0.25) is 0 Å². The van der Waals surface area contributed by atoms with E-state index in [0.717, 1.165) is 0 Å². The van der Waals surface area contributed by atoms with Crippen molar-refractivity contribution < 1.29 is 36.5 Å². The van der Waals surface area contributed by atoms with Crippen molar-refractivity contribution >= 4 is 22.1 Å². The van der Waals surface area contributed by atoms with Crippen LogP contribution in [0, 0.1) is 11.3 Å². The average molecular weight is 424 g/mol. The van der Waals surface area contributed by atoms with Crippen LogP contribution in [0.5, 0.6) is 0 Å². The Morgan fingerprint density at radius 1 is 1.07 bits per heavy atom. The first-order valence-corrected chi connectivity index (χ1v) is 11.1. The minimum Gasteiger partial charge on any atom is -0.748 e. The molecule has 28 heavy (non-hydrogen) atoms. The Labute approximate surface area is 169 Å². The van der Waals surface area contributed by atoms with Crippen LogP contribution >= 0.6 is 0 Å². The third kappa shape index (κ3) is 12.3. The lowest BCUT2D eigenvalue weighted by molar-refractivity contribution is -0.890. The van der Waals surface area contributed by atoms with E-state index in [9.17, 15) is 22.6 Å². The highest BCUT2D eigenvalue weighted by atomic mass is 32.2. The van der Waals surface area contributed by atoms with Crippen LogP contribution in [0.1, 0.15) is 54.4 Å². The summed E-state index contributed by atoms with van der Waals surface area (Å²) in [5, 5.41) is 0. The fourth-order valence-electron chi connectivity index (χ4n) is 2.70. The lowest BCUT2D eigenvalue weighted by atomic mass is 9.83. The third-order valence-corrected chi connectivity index (χ3v) is 5.05. The number of carbonyl (C=O) groups excluding carboxylic acids is 2. The lowest BCUT2D eigenvalue weighted by Gasteiger charge is -2.31. The van der Waals surface area contributed by atoms with Crippen molar-refractivity contribution in [3.05, 3.63) is 0 Å². The fraction of sp³-hybridized carbons (Fsp3) is 0.895. The molecule has 0 spiro atoms. The summed E-state index contributed by atoms with van der Waals surface area (Å²) in [5.74, 6) is -1.59. The van der Waals surface area contributed by atoms with Gasteiger partial charge < -0.3 is 18.5 Å². The Morgan fingerprint density at radius 2 is 1.61 bits per heavy atom. The van der Waals surface area contributed by atoms with Crippen LogP contribution in [0.3, 0.4) is 0 Å². The molecule has 166 valence electrons. The van der Waals surface area contributed by atoms with Crippen molar-refractivity contribution in [1.29, 1.82) is 0 Å². The molecule has 9 heteroatoms. The minimum absolute atomic E-state index is 0.167. The zero-order chi connectivity index (χ0) is 22.4. The Bertz CT molecular complexity index is 633. The van der Waals surface area contributed by atoms with Gasteiger partial charge in [0.05, 0.1) is 42.1 Å². The highest BCUT2D eigenvalue weighted by molar-refractivity contribution is 7.85. The summed E-state index contributed by atoms with van der Waals surface area (Å²) >= 11 is 0. The largest absolute Gasteiger partial charge is 0.748 e. The van der Waals surface area contributed by atoms with Gasteiger partial charge in [0, 0.05) is 12.2 Å². The van der Waals surface area contributed by atoms with Crippen LogP contribution in [-0.2, 0) is 29.2 Å². The molecule has 0 saturated heterocycles. The number of esters is 2. The number of ether oxygens (including phenoxy) is 2. The van der Waals surface area contributed by atoms with Crippen LogP contribution in [0.15, 0.2) is 0 Å². The van der Waals surface area contributed by atoms with E-state index in [1.165, 1.54) is 0 Å². The predicted octanol–water partition coefficient (Wildman–Crippen LogP) is 1.94. The summed E-state index contributed by atoms with van der Waals surface area (Å²) < 4.78 is 43.2. The maximum Gasteiger partial charge on any atom is 0.311 e. The van der Waals surface area contributed by atoms with Gasteiger partial charge in [0.1, 0.15) is 18.8 Å². The highest BCUT2D eigenvalue weighted by Crippen LogP contribution is 2.28. The van der Waals surface area contributed by atoms with Gasteiger partial charge in [0.2, 0.25) is 0 Å². The first-order valence-electron chi connectivity index (χ1n) is 9.50. The van der Waals surface area contributed by atoms with E-state index in [-0.39, 0.29) is 19.0 Å². The summed E-state index contributed by atoms with van der Waals surface area (Å²) in [6.45, 7) is 11.7. The molecular weight excluding hydrogens is 386 g/mol. The van der Waals surface area contributed by atoms with Gasteiger partial charge in [-0.25, -0.2) is 8.42 Å². The van der Waals surface area contributed by atoms with E-state index in [1.54, 1.807) is 41.5 Å². The SMILES string of the molecule is CC(CC(C)(C)C(=O)OCC[N+](C)(C)CCCS(=O)(=O)[O-])C(=O)OC(C)(C)C. The Hall–Kier alpha value is -1.19. The molecule has 0 N–H and O–H groups in total. The Kier molecular flexibility index (Phi) is 9.60. The monoisotopic (exact) mass is 423 g/mol. The molecule has 0 aliphatic rings. The molecule has 0 aliphatic carbocycles. The third-order valence-electron chi connectivity index (χ3n) is 4.27.